The van der Waals surface area contributed by atoms with E-state index in [4.69, 9.17) is 9.47 Å². The molecule has 0 fully saturated rings. The molecule has 0 spiro atoms. The lowest BCUT2D eigenvalue weighted by atomic mass is 10.1. The van der Waals surface area contributed by atoms with Crippen molar-refractivity contribution in [2.45, 2.75) is 63.0 Å². The number of carbonyl (C=O) groups excluding carboxylic acids is 3. The molecule has 0 aliphatic heterocycles. The molecule has 1 aliphatic rings. The monoisotopic (exact) mass is 633 g/mol. The van der Waals surface area contributed by atoms with Crippen molar-refractivity contribution in [2.75, 3.05) is 19.0 Å². The van der Waals surface area contributed by atoms with E-state index in [0.29, 0.717) is 45.8 Å². The lowest BCUT2D eigenvalue weighted by molar-refractivity contribution is -0.115. The summed E-state index contributed by atoms with van der Waals surface area (Å²) in [5, 5.41) is 15.2. The van der Waals surface area contributed by atoms with Gasteiger partial charge in [0, 0.05) is 17.0 Å². The topological polar surface area (TPSA) is 124 Å². The molecule has 1 atom stereocenters. The zero-order valence-electron chi connectivity index (χ0n) is 24.9. The Kier molecular flexibility index (Phi) is 10.3. The number of aryl methyl sites for hydroxylation is 2. The number of nitrogens with zero attached hydrogens (tertiary/aromatic N) is 3. The number of thioether (sulfide) groups is 1. The molecule has 1 aliphatic carbocycles. The summed E-state index contributed by atoms with van der Waals surface area (Å²) in [5.41, 5.74) is 3.09. The molecule has 4 aromatic rings. The van der Waals surface area contributed by atoms with E-state index in [1.54, 1.807) is 45.2 Å². The molecule has 0 saturated carbocycles. The maximum atomic E-state index is 13.4. The van der Waals surface area contributed by atoms with Crippen molar-refractivity contribution in [3.05, 3.63) is 87.6 Å². The standard InChI is InChI=1S/C32H35N5O5S2/c1-4-42-31(40)27-24-14-9-15-25(24)44-30(27)34-28(38)20(2)43-32-36-35-26(37(32)17-16-21-10-6-5-7-11-21)19-33-29(39)22-12-8-13-23(18-22)41-3/h5-8,10-13,18,20H,4,9,14-17,19H2,1-3H3,(H,33,39)(H,34,38)/t20-/m1/s1. The van der Waals surface area contributed by atoms with E-state index in [-0.39, 0.29) is 25.0 Å². The van der Waals surface area contributed by atoms with Gasteiger partial charge in [-0.2, -0.15) is 0 Å². The van der Waals surface area contributed by atoms with Crippen molar-refractivity contribution in [3.8, 4) is 5.75 Å². The van der Waals surface area contributed by atoms with Crippen molar-refractivity contribution in [2.24, 2.45) is 0 Å². The minimum absolute atomic E-state index is 0.155. The minimum atomic E-state index is -0.541. The second-order valence-electron chi connectivity index (χ2n) is 10.2. The van der Waals surface area contributed by atoms with Crippen LogP contribution in [-0.4, -0.2) is 51.5 Å². The second kappa shape index (κ2) is 14.5. The molecule has 230 valence electrons. The summed E-state index contributed by atoms with van der Waals surface area (Å²) in [6.45, 7) is 4.55. The number of thiophene rings is 1. The maximum absolute atomic E-state index is 13.4. The molecule has 0 saturated heterocycles. The van der Waals surface area contributed by atoms with Gasteiger partial charge in [0.25, 0.3) is 5.91 Å². The van der Waals surface area contributed by atoms with Crippen molar-refractivity contribution in [3.63, 3.8) is 0 Å². The molecule has 44 heavy (non-hydrogen) atoms. The smallest absolute Gasteiger partial charge is 0.341 e. The Morgan fingerprint density at radius 3 is 2.68 bits per heavy atom. The molecule has 2 amide bonds. The number of fused-ring (bicyclic) bond motifs is 1. The zero-order valence-corrected chi connectivity index (χ0v) is 26.6. The van der Waals surface area contributed by atoms with Crippen LogP contribution in [0.15, 0.2) is 59.8 Å². The number of rotatable bonds is 13. The lowest BCUT2D eigenvalue weighted by Gasteiger charge is -2.15. The van der Waals surface area contributed by atoms with Crippen LogP contribution in [0, 0.1) is 0 Å². The van der Waals surface area contributed by atoms with Crippen molar-refractivity contribution < 1.29 is 23.9 Å². The van der Waals surface area contributed by atoms with Gasteiger partial charge >= 0.3 is 5.97 Å². The van der Waals surface area contributed by atoms with E-state index in [2.05, 4.69) is 33.0 Å². The van der Waals surface area contributed by atoms with Gasteiger partial charge in [-0.05, 0) is 68.9 Å². The third-order valence-electron chi connectivity index (χ3n) is 7.29. The van der Waals surface area contributed by atoms with Crippen LogP contribution in [0.25, 0.3) is 0 Å². The number of aromatic nitrogens is 3. The number of nitrogens with one attached hydrogen (secondary N) is 2. The Morgan fingerprint density at radius 2 is 1.91 bits per heavy atom. The Labute approximate surface area is 264 Å². The van der Waals surface area contributed by atoms with Crippen LogP contribution in [0.5, 0.6) is 5.75 Å². The first-order chi connectivity index (χ1) is 21.4. The summed E-state index contributed by atoms with van der Waals surface area (Å²) >= 11 is 2.74. The highest BCUT2D eigenvalue weighted by Crippen LogP contribution is 2.40. The summed E-state index contributed by atoms with van der Waals surface area (Å²) < 4.78 is 12.5. The molecule has 0 radical (unpaired) electrons. The van der Waals surface area contributed by atoms with E-state index >= 15 is 0 Å². The number of ether oxygens (including phenoxy) is 2. The van der Waals surface area contributed by atoms with Gasteiger partial charge in [-0.1, -0.05) is 48.2 Å². The van der Waals surface area contributed by atoms with Crippen LogP contribution < -0.4 is 15.4 Å². The number of hydrogen-bond donors (Lipinski definition) is 2. The fourth-order valence-electron chi connectivity index (χ4n) is 5.01. The third-order valence-corrected chi connectivity index (χ3v) is 9.58. The largest absolute Gasteiger partial charge is 0.497 e. The summed E-state index contributed by atoms with van der Waals surface area (Å²) in [6, 6.07) is 17.0. The highest BCUT2D eigenvalue weighted by Gasteiger charge is 2.30. The Balaban J connectivity index is 1.31. The molecule has 2 N–H and O–H groups in total. The van der Waals surface area contributed by atoms with Gasteiger partial charge in [-0.3, -0.25) is 9.59 Å². The molecule has 0 unspecified atom stereocenters. The van der Waals surface area contributed by atoms with Crippen LogP contribution in [0.1, 0.15) is 62.8 Å². The molecule has 5 rings (SSSR count). The van der Waals surface area contributed by atoms with E-state index in [9.17, 15) is 14.4 Å². The molecule has 2 heterocycles. The first kappa shape index (κ1) is 31.3. The summed E-state index contributed by atoms with van der Waals surface area (Å²) in [5.74, 6) is 0.265. The zero-order chi connectivity index (χ0) is 31.1. The first-order valence-electron chi connectivity index (χ1n) is 14.5. The molecular weight excluding hydrogens is 599 g/mol. The first-order valence-corrected chi connectivity index (χ1v) is 16.2. The van der Waals surface area contributed by atoms with Crippen LogP contribution in [-0.2, 0) is 41.9 Å². The van der Waals surface area contributed by atoms with Gasteiger partial charge in [-0.15, -0.1) is 21.5 Å². The average molecular weight is 634 g/mol. The van der Waals surface area contributed by atoms with E-state index in [1.165, 1.54) is 23.1 Å². The van der Waals surface area contributed by atoms with Crippen molar-refractivity contribution in [1.82, 2.24) is 20.1 Å². The lowest BCUT2D eigenvalue weighted by Crippen LogP contribution is -2.26. The predicted octanol–water partition coefficient (Wildman–Crippen LogP) is 5.31. The van der Waals surface area contributed by atoms with E-state index < -0.39 is 11.2 Å². The average Bonchev–Trinajstić information content (AvgIpc) is 3.74. The number of esters is 1. The van der Waals surface area contributed by atoms with Gasteiger partial charge in [0.1, 0.15) is 10.8 Å². The van der Waals surface area contributed by atoms with Gasteiger partial charge < -0.3 is 24.7 Å². The highest BCUT2D eigenvalue weighted by molar-refractivity contribution is 8.00. The van der Waals surface area contributed by atoms with Gasteiger partial charge in [0.2, 0.25) is 5.91 Å². The number of benzene rings is 2. The SMILES string of the molecule is CCOC(=O)c1c(NC(=O)[C@@H](C)Sc2nnc(CNC(=O)c3cccc(OC)c3)n2CCc2ccccc2)sc2c1CCC2. The molecular formula is C32H35N5O5S2. The number of amides is 2. The van der Waals surface area contributed by atoms with E-state index in [0.717, 1.165) is 35.3 Å². The van der Waals surface area contributed by atoms with E-state index in [1.807, 2.05) is 22.8 Å². The minimum Gasteiger partial charge on any atom is -0.497 e. The number of anilines is 1. The quantitative estimate of drug-likeness (QED) is 0.150. The highest BCUT2D eigenvalue weighted by atomic mass is 32.2. The molecule has 0 bridgehead atoms. The molecule has 10 nitrogen and oxygen atoms in total. The van der Waals surface area contributed by atoms with Crippen LogP contribution in [0.3, 0.4) is 0 Å². The Bertz CT molecular complexity index is 1640. The third kappa shape index (κ3) is 7.31. The fourth-order valence-corrected chi connectivity index (χ4v) is 7.18. The second-order valence-corrected chi connectivity index (χ2v) is 12.6. The van der Waals surface area contributed by atoms with Gasteiger partial charge in [0.05, 0.1) is 31.1 Å². The van der Waals surface area contributed by atoms with Gasteiger partial charge in [-0.25, -0.2) is 4.79 Å². The fraction of sp³-hybridized carbons (Fsp3) is 0.344. The Hall–Kier alpha value is -4.16. The Morgan fingerprint density at radius 1 is 1.09 bits per heavy atom. The van der Waals surface area contributed by atoms with Crippen molar-refractivity contribution >= 4 is 45.9 Å². The summed E-state index contributed by atoms with van der Waals surface area (Å²) in [7, 11) is 1.55. The number of hydrogen-bond acceptors (Lipinski definition) is 9. The number of methoxy groups -OCH3 is 1. The van der Waals surface area contributed by atoms with Crippen molar-refractivity contribution in [1.29, 1.82) is 0 Å². The van der Waals surface area contributed by atoms with Gasteiger partial charge in [0.15, 0.2) is 11.0 Å². The molecule has 2 aromatic carbocycles. The maximum Gasteiger partial charge on any atom is 0.341 e. The van der Waals surface area contributed by atoms with Crippen LogP contribution in [0.4, 0.5) is 5.00 Å². The predicted molar refractivity (Wildman–Crippen MR) is 171 cm³/mol. The van der Waals surface area contributed by atoms with Crippen LogP contribution >= 0.6 is 23.1 Å². The normalized spacial score (nSPS) is 12.8. The van der Waals surface area contributed by atoms with Crippen LogP contribution in [0.2, 0.25) is 0 Å². The molecule has 12 heteroatoms. The summed E-state index contributed by atoms with van der Waals surface area (Å²) in [6.07, 6.45) is 3.42. The number of carbonyl (C=O) groups is 3. The summed E-state index contributed by atoms with van der Waals surface area (Å²) in [4.78, 5) is 40.2. The molecule has 2 aromatic heterocycles.